The maximum Gasteiger partial charge on any atom is 0.446 e. The lowest BCUT2D eigenvalue weighted by Gasteiger charge is -2.30. The Labute approximate surface area is 660 Å². The number of carboxylic acids is 1. The molecule has 630 valence electrons. The van der Waals surface area contributed by atoms with Gasteiger partial charge in [0.25, 0.3) is 17.7 Å². The number of halogens is 10. The summed E-state index contributed by atoms with van der Waals surface area (Å²) in [6.07, 6.45) is -5.29. The summed E-state index contributed by atoms with van der Waals surface area (Å²) in [5, 5.41) is 26.1. The van der Waals surface area contributed by atoms with Gasteiger partial charge in [-0.15, -0.1) is 0 Å². The van der Waals surface area contributed by atoms with Crippen LogP contribution in [-0.4, -0.2) is 168 Å². The zero-order valence-corrected chi connectivity index (χ0v) is 62.7. The van der Waals surface area contributed by atoms with Gasteiger partial charge in [0.1, 0.15) is 42.7 Å². The molecule has 5 aromatic rings. The van der Waals surface area contributed by atoms with Crippen molar-refractivity contribution < 1.29 is 132 Å². The Morgan fingerprint density at radius 3 is 1.26 bits per heavy atom. The molecule has 0 aromatic heterocycles. The predicted octanol–water partition coefficient (Wildman–Crippen LogP) is 12.4. The van der Waals surface area contributed by atoms with Crippen LogP contribution in [0.15, 0.2) is 72.8 Å². The number of amides is 13. The van der Waals surface area contributed by atoms with Crippen molar-refractivity contribution in [1.82, 2.24) is 40.9 Å². The molecule has 5 aromatic carbocycles. The van der Waals surface area contributed by atoms with E-state index in [-0.39, 0.29) is 116 Å². The van der Waals surface area contributed by atoms with Gasteiger partial charge in [-0.25, -0.2) is 74.2 Å². The van der Waals surface area contributed by atoms with Crippen LogP contribution in [0.2, 0.25) is 0 Å². The van der Waals surface area contributed by atoms with Crippen LogP contribution in [0.1, 0.15) is 166 Å². The predicted molar refractivity (Wildman–Crippen MR) is 394 cm³/mol. The van der Waals surface area contributed by atoms with E-state index in [9.17, 15) is 97.0 Å². The topological polar surface area (TPSA) is 376 Å². The maximum absolute atomic E-state index is 15.1. The van der Waals surface area contributed by atoms with Crippen molar-refractivity contribution in [2.75, 3.05) is 56.7 Å². The van der Waals surface area contributed by atoms with Gasteiger partial charge in [0, 0.05) is 76.6 Å². The molecule has 0 saturated carbocycles. The van der Waals surface area contributed by atoms with E-state index in [0.29, 0.717) is 46.0 Å². The molecule has 0 radical (unpaired) electrons. The van der Waals surface area contributed by atoms with Crippen molar-refractivity contribution >= 4 is 95.3 Å². The van der Waals surface area contributed by atoms with Gasteiger partial charge < -0.3 is 66.2 Å². The lowest BCUT2D eigenvalue weighted by molar-refractivity contribution is -0.157. The van der Waals surface area contributed by atoms with Gasteiger partial charge in [0.05, 0.1) is 23.1 Å². The normalized spacial score (nSPS) is 21.6. The highest BCUT2D eigenvalue weighted by molar-refractivity contribution is 6.08. The van der Waals surface area contributed by atoms with Crippen molar-refractivity contribution in [2.45, 2.75) is 180 Å². The largest absolute Gasteiger partial charge is 0.480 e. The van der Waals surface area contributed by atoms with Crippen LogP contribution >= 0.6 is 0 Å². The smallest absolute Gasteiger partial charge is 0.446 e. The zero-order valence-electron chi connectivity index (χ0n) is 63.7. The quantitative estimate of drug-likeness (QED) is 0.0263. The molecule has 5 saturated heterocycles. The van der Waals surface area contributed by atoms with Gasteiger partial charge in [-0.3, -0.25) is 33.6 Å². The molecule has 5 fully saturated rings. The summed E-state index contributed by atoms with van der Waals surface area (Å²) in [4.78, 5) is 159. The number of urea groups is 3. The minimum Gasteiger partial charge on any atom is -0.480 e. The number of carbonyl (C=O) groups is 13. The summed E-state index contributed by atoms with van der Waals surface area (Å²) in [6.45, 7) is 9.14. The van der Waals surface area contributed by atoms with E-state index >= 15 is 4.39 Å². The minimum absolute atomic E-state index is 0. The number of imide groups is 3. The Morgan fingerprint density at radius 1 is 0.560 bits per heavy atom. The van der Waals surface area contributed by atoms with E-state index in [1.54, 1.807) is 40.7 Å². The number of carbonyl (C=O) groups excluding carboxylic acids is 12. The molecule has 8 aliphatic rings. The average Bonchev–Trinajstić information content (AvgIpc) is 1.58. The summed E-state index contributed by atoms with van der Waals surface area (Å²) in [6, 6.07) is 13.7. The first-order valence-electron chi connectivity index (χ1n) is 36.0. The van der Waals surface area contributed by atoms with Crippen LogP contribution in [0.25, 0.3) is 0 Å². The molecule has 7 atom stereocenters. The van der Waals surface area contributed by atoms with Gasteiger partial charge in [-0.1, -0.05) is 59.0 Å². The fourth-order valence-corrected chi connectivity index (χ4v) is 14.1. The third-order valence-electron chi connectivity index (χ3n) is 19.3. The summed E-state index contributed by atoms with van der Waals surface area (Å²) in [7, 11) is 4.15. The molecular weight excluding hydrogens is 1560 g/mol. The second-order valence-electron chi connectivity index (χ2n) is 27.7. The molecule has 0 bridgehead atoms. The number of hydrogen-bond donors (Lipinski definition) is 8. The number of aliphatic carboxylic acids is 1. The van der Waals surface area contributed by atoms with E-state index in [1.165, 1.54) is 80.6 Å². The monoisotopic (exact) mass is 1650 g/mol. The standard InChI is InChI=1S/C26H25F3N4O5.C19H22FN3O6.C15H14FN3O6.C11H13F2N.C2HF3O.C2H6.2CH4/c1-13-3-8-20(14-4-6-17(27)18(28)11-14)33(13)21(34)12-32-23(35)26(38-25(32)37)10-9-15-16(26)5-7-19(22(15)29)31-24(36)30-2;1-18(2,3)28-13(24)9-23-15(25)19(29-17(23)27)8-7-10-11(19)5-6-12(14(10)20)22-16(26)21-4;1-17-13(23)18-9-3-2-8-7(11(9)16)4-5-15(8)12(22)19(6-10(20)21)14(24)25-15;1-7-2-5-11(14-7)8-3-4-9(12)10(13)6-8;3-2(4,5)1-6;1-2;;/h4-7,11,13,20H,3,8-10,12H2,1-2H3,(H2,30,31,36);5-6H,7-9H2,1-4H3,(H2,21,22,26);2-3H,4-6H2,1H3,(H,20,21)(H2,17,18,23);3-4,6-7,11,14H,2,5H2,1H3;1H;1-2H3;2*1H4/t13-,20-,26-;19-;15-;7-,11-;;;;/m0000..../s1/i;;;;;1D;;. The number of esters is 1. The van der Waals surface area contributed by atoms with Crippen LogP contribution in [0.3, 0.4) is 0 Å². The second-order valence-corrected chi connectivity index (χ2v) is 27.7. The van der Waals surface area contributed by atoms with E-state index in [1.807, 2.05) is 0 Å². The highest BCUT2D eigenvalue weighted by Gasteiger charge is 2.62. The summed E-state index contributed by atoms with van der Waals surface area (Å²) < 4.78 is 156. The molecule has 5 aliphatic heterocycles. The van der Waals surface area contributed by atoms with Crippen molar-refractivity contribution in [2.24, 2.45) is 0 Å². The van der Waals surface area contributed by atoms with Crippen molar-refractivity contribution in [3.05, 3.63) is 158 Å². The molecule has 13 rings (SSSR count). The summed E-state index contributed by atoms with van der Waals surface area (Å²) in [5.41, 5.74) is -3.90. The molecule has 3 aliphatic carbocycles. The number of likely N-dealkylation sites (tertiary alicyclic amines) is 1. The molecule has 13 amide bonds. The first kappa shape index (κ1) is 91.3. The first-order chi connectivity index (χ1) is 54.0. The SMILES string of the molecule is C.C.CNC(=O)Nc1ccc2c(c1F)CC[C@]21OC(=O)N(CC(=O)N2[C@@H](C)CC[C@H]2c2ccc(F)c(F)c2)C1=O.CNC(=O)Nc1ccc2c(c1F)CC[C@]21OC(=O)N(CC(=O)O)C1=O.CNC(=O)Nc1ccc2c(c1F)CC[C@]21OC(=O)N(CC(=O)OC(C)(C)C)C1=O.C[C@H]1CC[C@@H](c2ccc(F)c(F)c2)N1.O=CC(F)(F)F.[2H]CC. The van der Waals surface area contributed by atoms with Crippen LogP contribution in [-0.2, 0) is 88.6 Å². The average molecular weight is 1650 g/mol. The molecule has 116 heavy (non-hydrogen) atoms. The molecule has 29 nitrogen and oxygen atoms in total. The molecule has 5 heterocycles. The Morgan fingerprint density at radius 2 is 0.922 bits per heavy atom. The number of hydrogen-bond acceptors (Lipinski definition) is 18. The zero-order chi connectivity index (χ0) is 85.3. The highest BCUT2D eigenvalue weighted by Crippen LogP contribution is 2.51. The van der Waals surface area contributed by atoms with Crippen LogP contribution in [0.5, 0.6) is 0 Å². The Bertz CT molecular complexity index is 4690. The van der Waals surface area contributed by atoms with Gasteiger partial charge in [-0.2, -0.15) is 13.2 Å². The number of fused-ring (bicyclic) bond motifs is 6. The number of nitrogens with zero attached hydrogens (tertiary/aromatic N) is 4. The number of nitrogens with one attached hydrogen (secondary N) is 7. The fraction of sp³-hybridized carbons (Fsp3) is 0.442. The number of anilines is 3. The lowest BCUT2D eigenvalue weighted by Crippen LogP contribution is -2.46. The third-order valence-corrected chi connectivity index (χ3v) is 19.3. The van der Waals surface area contributed by atoms with Crippen molar-refractivity contribution in [1.29, 1.82) is 0 Å². The molecule has 39 heteroatoms. The number of aldehydes is 1. The Balaban J connectivity index is 0.000000241. The third kappa shape index (κ3) is 19.7. The molecule has 8 N–H and O–H groups in total. The van der Waals surface area contributed by atoms with Crippen LogP contribution < -0.4 is 37.2 Å². The summed E-state index contributed by atoms with van der Waals surface area (Å²) >= 11 is 0. The Hall–Kier alpha value is -11.9. The number of rotatable bonds is 11. The van der Waals surface area contributed by atoms with Gasteiger partial charge in [0.2, 0.25) is 29.0 Å². The van der Waals surface area contributed by atoms with E-state index in [2.05, 4.69) is 44.1 Å². The Kier molecular flexibility index (Phi) is 29.6. The molecule has 0 unspecified atom stereocenters. The highest BCUT2D eigenvalue weighted by atomic mass is 19.4. The summed E-state index contributed by atoms with van der Waals surface area (Å²) in [5.74, 6) is -10.7. The maximum atomic E-state index is 15.1. The fourth-order valence-electron chi connectivity index (χ4n) is 14.1. The minimum atomic E-state index is -4.64. The van der Waals surface area contributed by atoms with Crippen molar-refractivity contribution in [3.63, 3.8) is 0 Å². The van der Waals surface area contributed by atoms with E-state index < -0.39 is 173 Å². The first-order valence-corrected chi connectivity index (χ1v) is 35.3. The van der Waals surface area contributed by atoms with Crippen LogP contribution in [0, 0.1) is 40.7 Å². The molecule has 3 spiro atoms. The van der Waals surface area contributed by atoms with E-state index in [4.69, 9.17) is 30.2 Å². The van der Waals surface area contributed by atoms with Crippen LogP contribution in [0.4, 0.5) is 89.7 Å². The number of alkyl halides is 3. The second kappa shape index (κ2) is 37.6. The van der Waals surface area contributed by atoms with Crippen molar-refractivity contribution in [3.8, 4) is 0 Å². The van der Waals surface area contributed by atoms with E-state index in [0.717, 1.165) is 30.5 Å². The number of ether oxygens (including phenoxy) is 4. The molecular formula is C77H89F10N11O18. The van der Waals surface area contributed by atoms with Gasteiger partial charge in [0.15, 0.2) is 23.3 Å². The van der Waals surface area contributed by atoms with Gasteiger partial charge in [-0.05, 0) is 150 Å². The van der Waals surface area contributed by atoms with Gasteiger partial charge >= 0.3 is 54.5 Å². The lowest BCUT2D eigenvalue weighted by atomic mass is 9.94. The number of carboxylic acid groups (broad SMARTS) is 1. The number of benzene rings is 5.